The van der Waals surface area contributed by atoms with E-state index in [4.69, 9.17) is 0 Å². The lowest BCUT2D eigenvalue weighted by molar-refractivity contribution is -0.137. The van der Waals surface area contributed by atoms with E-state index in [-0.39, 0.29) is 24.1 Å². The predicted molar refractivity (Wildman–Crippen MR) is 130 cm³/mol. The lowest BCUT2D eigenvalue weighted by atomic mass is 10.0. The van der Waals surface area contributed by atoms with E-state index in [1.165, 1.54) is 6.07 Å². The van der Waals surface area contributed by atoms with Crippen LogP contribution in [0.1, 0.15) is 16.7 Å². The van der Waals surface area contributed by atoms with Crippen molar-refractivity contribution in [2.45, 2.75) is 25.1 Å². The minimum atomic E-state index is -4.43. The SMILES string of the molecule is CN(C[C@H](Cc1ccccc1)NC(=O)Cc1c[nH]c2ccc(O)cc12)c1cccc(C(F)(F)F)c1. The summed E-state index contributed by atoms with van der Waals surface area (Å²) in [4.78, 5) is 17.8. The summed E-state index contributed by atoms with van der Waals surface area (Å²) < 4.78 is 39.5. The van der Waals surface area contributed by atoms with Crippen LogP contribution in [0.15, 0.2) is 79.0 Å². The fraction of sp³-hybridized carbons (Fsp3) is 0.222. The Balaban J connectivity index is 1.51. The highest BCUT2D eigenvalue weighted by atomic mass is 19.4. The monoisotopic (exact) mass is 481 g/mol. The van der Waals surface area contributed by atoms with Crippen LogP contribution in [0.2, 0.25) is 0 Å². The van der Waals surface area contributed by atoms with E-state index in [1.54, 1.807) is 42.4 Å². The van der Waals surface area contributed by atoms with E-state index in [2.05, 4.69) is 10.3 Å². The quantitative estimate of drug-likeness (QED) is 0.320. The smallest absolute Gasteiger partial charge is 0.416 e. The number of alkyl halides is 3. The first-order valence-corrected chi connectivity index (χ1v) is 11.2. The van der Waals surface area contributed by atoms with Gasteiger partial charge in [-0.2, -0.15) is 13.2 Å². The molecule has 4 rings (SSSR count). The van der Waals surface area contributed by atoms with E-state index in [1.807, 2.05) is 30.3 Å². The molecule has 0 aliphatic rings. The molecule has 3 aromatic carbocycles. The average Bonchev–Trinajstić information content (AvgIpc) is 3.20. The number of carbonyl (C=O) groups excluding carboxylic acids is 1. The number of aromatic amines is 1. The molecule has 3 N–H and O–H groups in total. The van der Waals surface area contributed by atoms with Gasteiger partial charge in [0.25, 0.3) is 0 Å². The summed E-state index contributed by atoms with van der Waals surface area (Å²) in [7, 11) is 1.71. The van der Waals surface area contributed by atoms with Crippen molar-refractivity contribution >= 4 is 22.5 Å². The number of phenolic OH excluding ortho intramolecular Hbond substituents is 1. The Hall–Kier alpha value is -3.94. The zero-order valence-corrected chi connectivity index (χ0v) is 19.1. The number of hydrogen-bond donors (Lipinski definition) is 3. The van der Waals surface area contributed by atoms with Crippen LogP contribution < -0.4 is 10.2 Å². The molecular formula is C27H26F3N3O2. The molecule has 0 saturated heterocycles. The predicted octanol–water partition coefficient (Wildman–Crippen LogP) is 5.30. The summed E-state index contributed by atoms with van der Waals surface area (Å²) in [5.41, 5.74) is 2.27. The average molecular weight is 482 g/mol. The summed E-state index contributed by atoms with van der Waals surface area (Å²) in [6, 6.07) is 19.3. The van der Waals surface area contributed by atoms with Gasteiger partial charge in [0, 0.05) is 36.4 Å². The molecule has 0 aliphatic carbocycles. The van der Waals surface area contributed by atoms with Gasteiger partial charge in [-0.25, -0.2) is 0 Å². The Kier molecular flexibility index (Phi) is 7.00. The summed E-state index contributed by atoms with van der Waals surface area (Å²) in [6.45, 7) is 0.316. The first-order valence-electron chi connectivity index (χ1n) is 11.2. The maximum absolute atomic E-state index is 13.2. The molecule has 0 aliphatic heterocycles. The van der Waals surface area contributed by atoms with Crippen LogP contribution in [0.25, 0.3) is 10.9 Å². The Bertz CT molecular complexity index is 1300. The molecule has 35 heavy (non-hydrogen) atoms. The first-order chi connectivity index (χ1) is 16.7. The standard InChI is InChI=1S/C27H26F3N3O2/c1-33(22-9-5-8-20(14-22)27(28,29)30)17-21(12-18-6-3-2-4-7-18)32-26(35)13-19-16-31-25-11-10-23(34)15-24(19)25/h2-11,14-16,21,31,34H,12-13,17H2,1H3,(H,32,35)/t21-/m0/s1. The van der Waals surface area contributed by atoms with E-state index in [0.717, 1.165) is 34.2 Å². The van der Waals surface area contributed by atoms with Gasteiger partial charge >= 0.3 is 6.18 Å². The fourth-order valence-electron chi connectivity index (χ4n) is 4.18. The number of carbonyl (C=O) groups is 1. The fourth-order valence-corrected chi connectivity index (χ4v) is 4.18. The molecule has 0 saturated carbocycles. The van der Waals surface area contributed by atoms with Gasteiger partial charge in [0.1, 0.15) is 5.75 Å². The van der Waals surface area contributed by atoms with Crippen molar-refractivity contribution in [1.29, 1.82) is 0 Å². The summed E-state index contributed by atoms with van der Waals surface area (Å²) >= 11 is 0. The lowest BCUT2D eigenvalue weighted by Gasteiger charge is -2.27. The molecule has 1 heterocycles. The number of nitrogens with one attached hydrogen (secondary N) is 2. The zero-order valence-electron chi connectivity index (χ0n) is 19.1. The number of aromatic nitrogens is 1. The minimum absolute atomic E-state index is 0.0992. The number of phenols is 1. The van der Waals surface area contributed by atoms with Gasteiger partial charge in [0.15, 0.2) is 0 Å². The van der Waals surface area contributed by atoms with Crippen LogP contribution in [0.5, 0.6) is 5.75 Å². The van der Waals surface area contributed by atoms with Gasteiger partial charge in [-0.15, -0.1) is 0 Å². The lowest BCUT2D eigenvalue weighted by Crippen LogP contribution is -2.44. The molecule has 1 aromatic heterocycles. The second-order valence-electron chi connectivity index (χ2n) is 8.60. The third kappa shape index (κ3) is 6.15. The molecule has 4 aromatic rings. The molecule has 0 fully saturated rings. The van der Waals surface area contributed by atoms with Gasteiger partial charge < -0.3 is 20.3 Å². The van der Waals surface area contributed by atoms with Crippen molar-refractivity contribution in [2.24, 2.45) is 0 Å². The Labute approximate surface area is 201 Å². The molecular weight excluding hydrogens is 455 g/mol. The van der Waals surface area contributed by atoms with Gasteiger partial charge in [0.2, 0.25) is 5.91 Å². The number of H-pyrrole nitrogens is 1. The van der Waals surface area contributed by atoms with Gasteiger partial charge in [0.05, 0.1) is 18.0 Å². The molecule has 1 amide bonds. The summed E-state index contributed by atoms with van der Waals surface area (Å²) in [5.74, 6) is -0.101. The molecule has 8 heteroatoms. The number of nitrogens with zero attached hydrogens (tertiary/aromatic N) is 1. The normalized spacial score (nSPS) is 12.5. The molecule has 0 radical (unpaired) electrons. The van der Waals surface area contributed by atoms with Crippen molar-refractivity contribution in [3.05, 3.63) is 95.7 Å². The van der Waals surface area contributed by atoms with Crippen LogP contribution in [-0.2, 0) is 23.8 Å². The van der Waals surface area contributed by atoms with Gasteiger partial charge in [-0.3, -0.25) is 4.79 Å². The number of hydrogen-bond acceptors (Lipinski definition) is 3. The van der Waals surface area contributed by atoms with Crippen molar-refractivity contribution in [3.63, 3.8) is 0 Å². The number of amides is 1. The number of benzene rings is 3. The van der Waals surface area contributed by atoms with E-state index < -0.39 is 11.7 Å². The second-order valence-corrected chi connectivity index (χ2v) is 8.60. The number of anilines is 1. The molecule has 0 spiro atoms. The topological polar surface area (TPSA) is 68.4 Å². The maximum atomic E-state index is 13.2. The van der Waals surface area contributed by atoms with Crippen LogP contribution in [-0.4, -0.2) is 35.6 Å². The molecule has 1 atom stereocenters. The minimum Gasteiger partial charge on any atom is -0.508 e. The van der Waals surface area contributed by atoms with Crippen LogP contribution in [0.4, 0.5) is 18.9 Å². The molecule has 182 valence electrons. The highest BCUT2D eigenvalue weighted by Gasteiger charge is 2.30. The van der Waals surface area contributed by atoms with E-state index >= 15 is 0 Å². The van der Waals surface area contributed by atoms with Gasteiger partial charge in [-0.05, 0) is 53.9 Å². The largest absolute Gasteiger partial charge is 0.508 e. The Morgan fingerprint density at radius 2 is 1.83 bits per heavy atom. The number of halogens is 3. The number of fused-ring (bicyclic) bond motifs is 1. The van der Waals surface area contributed by atoms with Crippen molar-refractivity contribution in [1.82, 2.24) is 10.3 Å². The van der Waals surface area contributed by atoms with Crippen LogP contribution in [0.3, 0.4) is 0 Å². The van der Waals surface area contributed by atoms with Crippen LogP contribution in [0, 0.1) is 0 Å². The third-order valence-corrected chi connectivity index (χ3v) is 5.90. The summed E-state index contributed by atoms with van der Waals surface area (Å²) in [5, 5.41) is 13.6. The van der Waals surface area contributed by atoms with Crippen LogP contribution >= 0.6 is 0 Å². The first kappa shape index (κ1) is 24.2. The molecule has 5 nitrogen and oxygen atoms in total. The summed E-state index contributed by atoms with van der Waals surface area (Å²) in [6.07, 6.45) is -2.07. The van der Waals surface area contributed by atoms with Crippen molar-refractivity contribution < 1.29 is 23.1 Å². The van der Waals surface area contributed by atoms with E-state index in [0.29, 0.717) is 18.7 Å². The van der Waals surface area contributed by atoms with E-state index in [9.17, 15) is 23.1 Å². The second kappa shape index (κ2) is 10.1. The number of aromatic hydroxyl groups is 1. The third-order valence-electron chi connectivity index (χ3n) is 5.90. The molecule has 0 unspecified atom stereocenters. The number of rotatable bonds is 8. The highest BCUT2D eigenvalue weighted by Crippen LogP contribution is 2.31. The highest BCUT2D eigenvalue weighted by molar-refractivity contribution is 5.89. The van der Waals surface area contributed by atoms with Gasteiger partial charge in [-0.1, -0.05) is 36.4 Å². The Morgan fingerprint density at radius 3 is 2.57 bits per heavy atom. The maximum Gasteiger partial charge on any atom is 0.416 e. The Morgan fingerprint density at radius 1 is 1.06 bits per heavy atom. The van der Waals surface area contributed by atoms with Crippen molar-refractivity contribution in [2.75, 3.05) is 18.5 Å². The van der Waals surface area contributed by atoms with Crippen molar-refractivity contribution in [3.8, 4) is 5.75 Å². The number of likely N-dealkylation sites (N-methyl/N-ethyl adjacent to an activating group) is 1. The zero-order chi connectivity index (χ0) is 25.0. The molecule has 0 bridgehead atoms.